The lowest BCUT2D eigenvalue weighted by atomic mass is 9.71. The van der Waals surface area contributed by atoms with Gasteiger partial charge in [-0.1, -0.05) is 92.1 Å². The Morgan fingerprint density at radius 3 is 1.85 bits per heavy atom. The van der Waals surface area contributed by atoms with Crippen LogP contribution >= 0.6 is 0 Å². The summed E-state index contributed by atoms with van der Waals surface area (Å²) in [6, 6.07) is 30.9. The molecule has 2 aliphatic rings. The predicted octanol–water partition coefficient (Wildman–Crippen LogP) is 6.44. The second kappa shape index (κ2) is 8.60. The van der Waals surface area contributed by atoms with Crippen molar-refractivity contribution >= 4 is 28.8 Å². The van der Waals surface area contributed by atoms with Crippen molar-refractivity contribution in [3.05, 3.63) is 96.1 Å². The van der Waals surface area contributed by atoms with Crippen LogP contribution in [-0.4, -0.2) is 20.4 Å². The molecule has 4 heteroatoms. The summed E-state index contributed by atoms with van der Waals surface area (Å²) in [6.07, 6.45) is 6.34. The second-order valence-corrected chi connectivity index (χ2v) is 9.59. The maximum atomic E-state index is 6.90. The predicted molar refractivity (Wildman–Crippen MR) is 136 cm³/mol. The molecule has 0 radical (unpaired) electrons. The van der Waals surface area contributed by atoms with Crippen molar-refractivity contribution in [3.63, 3.8) is 0 Å². The van der Waals surface area contributed by atoms with Gasteiger partial charge in [-0.25, -0.2) is 0 Å². The van der Waals surface area contributed by atoms with Crippen LogP contribution < -0.4 is 5.23 Å². The standard InChI is InChI=1S/C29H30BNO2/c1-32-30-31-28(23-11-3-2-4-12-23)29(33-30,26-17-15-21-9-5-7-13-24(21)19-26)27-18-16-22-10-6-8-14-25(22)20-27/h5-10,13-20,23,28,31H,2-4,11-12H2,1H3/t28-/m1/s1. The monoisotopic (exact) mass is 435 g/mol. The van der Waals surface area contributed by atoms with Crippen molar-refractivity contribution in [2.45, 2.75) is 43.7 Å². The number of fused-ring (bicyclic) bond motifs is 2. The summed E-state index contributed by atoms with van der Waals surface area (Å²) in [5.41, 5.74) is 1.77. The van der Waals surface area contributed by atoms with Crippen LogP contribution in [0, 0.1) is 5.92 Å². The van der Waals surface area contributed by atoms with E-state index >= 15 is 0 Å². The zero-order chi connectivity index (χ0) is 22.3. The van der Waals surface area contributed by atoms with Gasteiger partial charge in [0.05, 0.1) is 0 Å². The van der Waals surface area contributed by atoms with E-state index in [-0.39, 0.29) is 6.04 Å². The van der Waals surface area contributed by atoms with Crippen LogP contribution in [0.2, 0.25) is 0 Å². The third kappa shape index (κ3) is 3.57. The summed E-state index contributed by atoms with van der Waals surface area (Å²) < 4.78 is 12.7. The summed E-state index contributed by atoms with van der Waals surface area (Å²) in [4.78, 5) is 0. The van der Waals surface area contributed by atoms with E-state index in [4.69, 9.17) is 9.31 Å². The zero-order valence-electron chi connectivity index (χ0n) is 19.2. The SMILES string of the molecule is COB1N[C@H](C2CCCCC2)C(c2ccc3ccccc3c2)(c2ccc3ccccc3c2)O1. The molecular formula is C29H30BNO2. The Labute approximate surface area is 196 Å². The molecule has 1 saturated carbocycles. The number of benzene rings is 4. The second-order valence-electron chi connectivity index (χ2n) is 9.59. The molecule has 1 heterocycles. The van der Waals surface area contributed by atoms with Gasteiger partial charge in [-0.15, -0.1) is 0 Å². The Bertz CT molecular complexity index is 1200. The molecule has 33 heavy (non-hydrogen) atoms. The van der Waals surface area contributed by atoms with Crippen molar-refractivity contribution in [2.24, 2.45) is 5.92 Å². The molecule has 0 unspecified atom stereocenters. The molecule has 0 bridgehead atoms. The fourth-order valence-electron chi connectivity index (χ4n) is 6.09. The van der Waals surface area contributed by atoms with Crippen LogP contribution in [-0.2, 0) is 14.9 Å². The minimum atomic E-state index is -0.614. The molecule has 1 aliphatic heterocycles. The first-order chi connectivity index (χ1) is 16.3. The molecular weight excluding hydrogens is 405 g/mol. The average molecular weight is 435 g/mol. The first-order valence-electron chi connectivity index (χ1n) is 12.2. The molecule has 1 aliphatic carbocycles. The Morgan fingerprint density at radius 2 is 1.30 bits per heavy atom. The van der Waals surface area contributed by atoms with E-state index in [2.05, 4.69) is 90.2 Å². The highest BCUT2D eigenvalue weighted by atomic mass is 16.6. The van der Waals surface area contributed by atoms with Gasteiger partial charge in [0.1, 0.15) is 5.60 Å². The van der Waals surface area contributed by atoms with Crippen LogP contribution in [0.4, 0.5) is 0 Å². The van der Waals surface area contributed by atoms with E-state index in [1.165, 1.54) is 64.8 Å². The molecule has 1 atom stereocenters. The average Bonchev–Trinajstić information content (AvgIpc) is 3.30. The van der Waals surface area contributed by atoms with Crippen LogP contribution in [0.3, 0.4) is 0 Å². The Kier molecular flexibility index (Phi) is 5.45. The molecule has 3 nitrogen and oxygen atoms in total. The Morgan fingerprint density at radius 1 is 0.758 bits per heavy atom. The van der Waals surface area contributed by atoms with Gasteiger partial charge in [0.25, 0.3) is 0 Å². The summed E-state index contributed by atoms with van der Waals surface area (Å²) in [5.74, 6) is 0.539. The van der Waals surface area contributed by atoms with Crippen molar-refractivity contribution in [1.29, 1.82) is 0 Å². The van der Waals surface area contributed by atoms with Gasteiger partial charge in [-0.3, -0.25) is 5.23 Å². The quantitative estimate of drug-likeness (QED) is 0.375. The zero-order valence-corrected chi connectivity index (χ0v) is 19.2. The summed E-state index contributed by atoms with van der Waals surface area (Å²) in [7, 11) is 1.29. The van der Waals surface area contributed by atoms with Crippen molar-refractivity contribution in [2.75, 3.05) is 7.11 Å². The van der Waals surface area contributed by atoms with E-state index in [1.54, 1.807) is 7.11 Å². The molecule has 166 valence electrons. The minimum Gasteiger partial charge on any atom is -0.400 e. The molecule has 0 amide bonds. The number of hydrogen-bond donors (Lipinski definition) is 1. The van der Waals surface area contributed by atoms with Crippen molar-refractivity contribution in [1.82, 2.24) is 5.23 Å². The van der Waals surface area contributed by atoms with E-state index in [9.17, 15) is 0 Å². The third-order valence-corrected chi connectivity index (χ3v) is 7.74. The molecule has 1 saturated heterocycles. The smallest absolute Gasteiger partial charge is 0.400 e. The molecule has 2 fully saturated rings. The van der Waals surface area contributed by atoms with Crippen molar-refractivity contribution < 1.29 is 9.31 Å². The number of rotatable bonds is 4. The van der Waals surface area contributed by atoms with Crippen molar-refractivity contribution in [3.8, 4) is 0 Å². The molecule has 1 N–H and O–H groups in total. The summed E-state index contributed by atoms with van der Waals surface area (Å²) in [6.45, 7) is 0. The summed E-state index contributed by atoms with van der Waals surface area (Å²) >= 11 is 0. The Hall–Kier alpha value is -2.66. The first-order valence-corrected chi connectivity index (χ1v) is 12.2. The lowest BCUT2D eigenvalue weighted by molar-refractivity contribution is 0.0639. The van der Waals surface area contributed by atoms with Gasteiger partial charge >= 0.3 is 7.25 Å². The fraction of sp³-hybridized carbons (Fsp3) is 0.310. The summed E-state index contributed by atoms with van der Waals surface area (Å²) in [5, 5.41) is 8.72. The first kappa shape index (κ1) is 20.9. The maximum absolute atomic E-state index is 6.90. The van der Waals surface area contributed by atoms with E-state index in [0.29, 0.717) is 5.92 Å². The van der Waals surface area contributed by atoms with E-state index in [0.717, 1.165) is 0 Å². The normalized spacial score (nSPS) is 21.1. The largest absolute Gasteiger partial charge is 0.555 e. The highest BCUT2D eigenvalue weighted by Crippen LogP contribution is 2.47. The molecule has 0 spiro atoms. The van der Waals surface area contributed by atoms with Gasteiger partial charge in [0.2, 0.25) is 0 Å². The van der Waals surface area contributed by atoms with Gasteiger partial charge in [-0.2, -0.15) is 0 Å². The topological polar surface area (TPSA) is 30.5 Å². The minimum absolute atomic E-state index is 0.144. The van der Waals surface area contributed by atoms with Crippen LogP contribution in [0.5, 0.6) is 0 Å². The van der Waals surface area contributed by atoms with Crippen LogP contribution in [0.25, 0.3) is 21.5 Å². The fourth-order valence-corrected chi connectivity index (χ4v) is 6.09. The molecule has 4 aromatic rings. The lowest BCUT2D eigenvalue weighted by Crippen LogP contribution is -2.48. The van der Waals surface area contributed by atoms with E-state index in [1.807, 2.05) is 0 Å². The number of hydrogen-bond acceptors (Lipinski definition) is 3. The molecule has 0 aromatic heterocycles. The van der Waals surface area contributed by atoms with Gasteiger partial charge in [-0.05, 0) is 63.6 Å². The maximum Gasteiger partial charge on any atom is 0.555 e. The molecule has 6 rings (SSSR count). The molecule has 4 aromatic carbocycles. The van der Waals surface area contributed by atoms with Gasteiger partial charge in [0, 0.05) is 13.2 Å². The van der Waals surface area contributed by atoms with Crippen LogP contribution in [0.15, 0.2) is 84.9 Å². The van der Waals surface area contributed by atoms with Gasteiger partial charge < -0.3 is 9.31 Å². The van der Waals surface area contributed by atoms with E-state index < -0.39 is 12.9 Å². The third-order valence-electron chi connectivity index (χ3n) is 7.74. The highest BCUT2D eigenvalue weighted by molar-refractivity contribution is 6.42. The lowest BCUT2D eigenvalue weighted by Gasteiger charge is -2.41. The van der Waals surface area contributed by atoms with Gasteiger partial charge in [0.15, 0.2) is 0 Å². The van der Waals surface area contributed by atoms with Crippen LogP contribution in [0.1, 0.15) is 43.2 Å². The number of nitrogens with one attached hydrogen (secondary N) is 1. The Balaban J connectivity index is 1.59. The highest BCUT2D eigenvalue weighted by Gasteiger charge is 2.56.